The molecule has 36 heavy (non-hydrogen) atoms. The molecule has 2 amide bonds. The lowest BCUT2D eigenvalue weighted by molar-refractivity contribution is -0.126. The number of methoxy groups -OCH3 is 1. The fourth-order valence-electron chi connectivity index (χ4n) is 5.30. The van der Waals surface area contributed by atoms with Crippen molar-refractivity contribution in [3.63, 3.8) is 0 Å². The minimum atomic E-state index is -1.34. The molecule has 4 aromatic rings. The van der Waals surface area contributed by atoms with Crippen LogP contribution in [-0.2, 0) is 19.8 Å². The van der Waals surface area contributed by atoms with Crippen molar-refractivity contribution < 1.29 is 19.2 Å². The Morgan fingerprint density at radius 2 is 1.53 bits per heavy atom. The van der Waals surface area contributed by atoms with Gasteiger partial charge in [0, 0.05) is 12.4 Å². The Bertz CT molecular complexity index is 1400. The Balaban J connectivity index is 1.59. The molecule has 0 radical (unpaired) electrons. The van der Waals surface area contributed by atoms with E-state index < -0.39 is 23.5 Å². The van der Waals surface area contributed by atoms with Gasteiger partial charge >= 0.3 is 0 Å². The Labute approximate surface area is 208 Å². The number of para-hydroxylation sites is 1. The maximum atomic E-state index is 14.6. The number of hydroxylamine groups is 1. The number of fused-ring (bicyclic) bond motifs is 1. The van der Waals surface area contributed by atoms with Gasteiger partial charge in [0.05, 0.1) is 18.5 Å². The molecule has 2 aliphatic heterocycles. The van der Waals surface area contributed by atoms with Gasteiger partial charge in [-0.3, -0.25) is 19.4 Å². The molecule has 1 aromatic heterocycles. The second-order valence-corrected chi connectivity index (χ2v) is 8.75. The maximum absolute atomic E-state index is 14.6. The molecule has 6 rings (SSSR count). The van der Waals surface area contributed by atoms with Gasteiger partial charge in [0.25, 0.3) is 5.91 Å². The number of hydrogen-bond donors (Lipinski definition) is 0. The third-order valence-electron chi connectivity index (χ3n) is 6.89. The van der Waals surface area contributed by atoms with Crippen LogP contribution in [0.3, 0.4) is 0 Å². The first-order chi connectivity index (χ1) is 17.7. The molecule has 2 fully saturated rings. The monoisotopic (exact) mass is 477 g/mol. The fourth-order valence-corrected chi connectivity index (χ4v) is 5.30. The van der Waals surface area contributed by atoms with Gasteiger partial charge in [0.2, 0.25) is 5.91 Å². The van der Waals surface area contributed by atoms with Crippen LogP contribution in [0.25, 0.3) is 0 Å². The van der Waals surface area contributed by atoms with E-state index in [1.807, 2.05) is 72.8 Å². The summed E-state index contributed by atoms with van der Waals surface area (Å²) in [6.45, 7) is 0. The summed E-state index contributed by atoms with van der Waals surface area (Å²) in [5.74, 6) is -0.127. The summed E-state index contributed by atoms with van der Waals surface area (Å²) in [7, 11) is 1.57. The zero-order valence-corrected chi connectivity index (χ0v) is 19.5. The van der Waals surface area contributed by atoms with Gasteiger partial charge in [-0.15, -0.1) is 0 Å². The normalized spacial score (nSPS) is 23.1. The predicted octanol–water partition coefficient (Wildman–Crippen LogP) is 4.46. The van der Waals surface area contributed by atoms with E-state index in [2.05, 4.69) is 4.98 Å². The number of ether oxygens (including phenoxy) is 1. The van der Waals surface area contributed by atoms with Gasteiger partial charge in [-0.2, -0.15) is 0 Å². The summed E-state index contributed by atoms with van der Waals surface area (Å²) in [4.78, 5) is 40.6. The van der Waals surface area contributed by atoms with Crippen molar-refractivity contribution in [2.24, 2.45) is 0 Å². The number of aromatic nitrogens is 1. The number of anilines is 2. The van der Waals surface area contributed by atoms with Crippen LogP contribution in [0.1, 0.15) is 17.2 Å². The smallest absolute Gasteiger partial charge is 0.267 e. The number of amides is 2. The molecule has 2 aliphatic rings. The highest BCUT2D eigenvalue weighted by Gasteiger charge is 2.72. The minimum Gasteiger partial charge on any atom is -0.497 e. The Hall–Kier alpha value is -4.49. The summed E-state index contributed by atoms with van der Waals surface area (Å²) in [5.41, 5.74) is 1.35. The van der Waals surface area contributed by atoms with E-state index in [1.165, 1.54) is 4.90 Å². The molecule has 0 saturated carbocycles. The zero-order chi connectivity index (χ0) is 24.7. The molecular formula is C29H23N3O4. The van der Waals surface area contributed by atoms with Gasteiger partial charge in [-0.05, 0) is 53.6 Å². The van der Waals surface area contributed by atoms with Gasteiger partial charge < -0.3 is 4.74 Å². The summed E-state index contributed by atoms with van der Waals surface area (Å²) >= 11 is 0. The lowest BCUT2D eigenvalue weighted by Crippen LogP contribution is -2.46. The Morgan fingerprint density at radius 1 is 0.833 bits per heavy atom. The van der Waals surface area contributed by atoms with Crippen LogP contribution in [-0.4, -0.2) is 30.0 Å². The van der Waals surface area contributed by atoms with Gasteiger partial charge in [-0.25, -0.2) is 9.96 Å². The topological polar surface area (TPSA) is 72.0 Å². The number of carbonyl (C=O) groups excluding carboxylic acids is 2. The largest absolute Gasteiger partial charge is 0.497 e. The molecule has 3 aromatic carbocycles. The second-order valence-electron chi connectivity index (χ2n) is 8.75. The molecule has 3 heterocycles. The fraction of sp³-hybridized carbons (Fsp3) is 0.138. The van der Waals surface area contributed by atoms with Crippen molar-refractivity contribution in [1.29, 1.82) is 0 Å². The quantitative estimate of drug-likeness (QED) is 0.395. The molecule has 7 nitrogen and oxygen atoms in total. The molecule has 0 aliphatic carbocycles. The van der Waals surface area contributed by atoms with Gasteiger partial charge in [-0.1, -0.05) is 54.6 Å². The number of benzene rings is 3. The molecular weight excluding hydrogens is 454 g/mol. The molecule has 0 bridgehead atoms. The summed E-state index contributed by atoms with van der Waals surface area (Å²) in [6.07, 6.45) is 2.34. The van der Waals surface area contributed by atoms with Crippen molar-refractivity contribution in [2.75, 3.05) is 17.1 Å². The highest BCUT2D eigenvalue weighted by Crippen LogP contribution is 2.57. The van der Waals surface area contributed by atoms with Crippen LogP contribution >= 0.6 is 0 Å². The van der Waals surface area contributed by atoms with Gasteiger partial charge in [0.15, 0.2) is 6.10 Å². The number of imide groups is 1. The third-order valence-corrected chi connectivity index (χ3v) is 6.89. The summed E-state index contributed by atoms with van der Waals surface area (Å²) in [5, 5.41) is 1.69. The first-order valence-corrected chi connectivity index (χ1v) is 11.6. The highest BCUT2D eigenvalue weighted by molar-refractivity contribution is 6.28. The van der Waals surface area contributed by atoms with Crippen LogP contribution < -0.4 is 14.7 Å². The second kappa shape index (κ2) is 8.62. The Kier molecular flexibility index (Phi) is 5.27. The van der Waals surface area contributed by atoms with E-state index in [0.29, 0.717) is 17.0 Å². The number of nitrogens with zero attached hydrogens (tertiary/aromatic N) is 3. The number of pyridine rings is 1. The maximum Gasteiger partial charge on any atom is 0.267 e. The van der Waals surface area contributed by atoms with E-state index in [0.717, 1.165) is 11.3 Å². The molecule has 7 heteroatoms. The SMILES string of the molecule is COc1ccc(N2C(=O)C3ON(c4ccccc4)C(c4cccnc4)C3(c3ccccc3)C2=O)cc1. The van der Waals surface area contributed by atoms with Crippen molar-refractivity contribution in [3.05, 3.63) is 121 Å². The lowest BCUT2D eigenvalue weighted by atomic mass is 9.69. The van der Waals surface area contributed by atoms with Gasteiger partial charge in [0.1, 0.15) is 17.2 Å². The predicted molar refractivity (Wildman–Crippen MR) is 134 cm³/mol. The van der Waals surface area contributed by atoms with Crippen LogP contribution in [0.15, 0.2) is 109 Å². The van der Waals surface area contributed by atoms with E-state index in [4.69, 9.17) is 9.57 Å². The number of hydrogen-bond acceptors (Lipinski definition) is 6. The first-order valence-electron chi connectivity index (χ1n) is 11.6. The lowest BCUT2D eigenvalue weighted by Gasteiger charge is -2.35. The van der Waals surface area contributed by atoms with Crippen molar-refractivity contribution in [2.45, 2.75) is 17.6 Å². The zero-order valence-electron chi connectivity index (χ0n) is 19.5. The van der Waals surface area contributed by atoms with Crippen molar-refractivity contribution in [3.8, 4) is 5.75 Å². The standard InChI is InChI=1S/C29H23N3O4/c1-35-24-16-14-22(15-17-24)31-27(33)26-29(28(31)34,21-10-4-2-5-11-21)25(20-9-8-18-30-19-20)32(36-26)23-12-6-3-7-13-23/h2-19,25-26H,1H3. The molecule has 3 unspecified atom stereocenters. The van der Waals surface area contributed by atoms with Crippen molar-refractivity contribution >= 4 is 23.2 Å². The van der Waals surface area contributed by atoms with E-state index in [-0.39, 0.29) is 5.91 Å². The number of rotatable bonds is 5. The van der Waals surface area contributed by atoms with Crippen LogP contribution in [0.4, 0.5) is 11.4 Å². The van der Waals surface area contributed by atoms with Crippen molar-refractivity contribution in [1.82, 2.24) is 4.98 Å². The molecule has 0 N–H and O–H groups in total. The molecule has 0 spiro atoms. The summed E-state index contributed by atoms with van der Waals surface area (Å²) in [6, 6.07) is 28.9. The van der Waals surface area contributed by atoms with E-state index >= 15 is 0 Å². The minimum absolute atomic E-state index is 0.346. The molecule has 3 atom stereocenters. The van der Waals surface area contributed by atoms with E-state index in [9.17, 15) is 9.59 Å². The van der Waals surface area contributed by atoms with Crippen LogP contribution in [0.2, 0.25) is 0 Å². The summed E-state index contributed by atoms with van der Waals surface area (Å²) < 4.78 is 5.26. The Morgan fingerprint density at radius 3 is 2.17 bits per heavy atom. The van der Waals surface area contributed by atoms with E-state index in [1.54, 1.807) is 48.8 Å². The van der Waals surface area contributed by atoms with Crippen LogP contribution in [0.5, 0.6) is 5.75 Å². The first kappa shape index (κ1) is 22.0. The average molecular weight is 478 g/mol. The third kappa shape index (κ3) is 3.13. The molecule has 178 valence electrons. The molecule has 2 saturated heterocycles. The van der Waals surface area contributed by atoms with Crippen LogP contribution in [0, 0.1) is 0 Å². The number of carbonyl (C=O) groups is 2. The highest BCUT2D eigenvalue weighted by atomic mass is 16.7. The average Bonchev–Trinajstić information content (AvgIpc) is 3.41.